The lowest BCUT2D eigenvalue weighted by Crippen LogP contribution is -1.69. The summed E-state index contributed by atoms with van der Waals surface area (Å²) in [4.78, 5) is 4.09. The number of fused-ring (bicyclic) bond motifs is 1. The van der Waals surface area contributed by atoms with Gasteiger partial charge < -0.3 is 0 Å². The Morgan fingerprint density at radius 2 is 2.09 bits per heavy atom. The van der Waals surface area contributed by atoms with E-state index in [4.69, 9.17) is 23.2 Å². The van der Waals surface area contributed by atoms with Crippen molar-refractivity contribution in [2.75, 3.05) is 0 Å². The highest BCUT2D eigenvalue weighted by Gasteiger charge is 2.02. The van der Waals surface area contributed by atoms with Crippen LogP contribution in [0.5, 0.6) is 0 Å². The molecule has 1 aromatic heterocycles. The minimum atomic E-state index is 0.633. The Bertz CT molecular complexity index is 396. The lowest BCUT2D eigenvalue weighted by molar-refractivity contribution is 1.50. The molecule has 0 aliphatic rings. The molecule has 0 atom stereocenters. The third kappa shape index (κ3) is 1.22. The van der Waals surface area contributed by atoms with Crippen LogP contribution in [0, 0.1) is 0 Å². The summed E-state index contributed by atoms with van der Waals surface area (Å²) in [6, 6.07) is 3.53. The first-order chi connectivity index (χ1) is 5.27. The Hall–Kier alpha value is -0.310. The topological polar surface area (TPSA) is 12.9 Å². The average Bonchev–Trinajstić information content (AvgIpc) is 2.34. The summed E-state index contributed by atoms with van der Waals surface area (Å²) < 4.78 is 0.996. The fraction of sp³-hybridized carbons (Fsp3) is 0. The number of nitrogens with zero attached hydrogens (tertiary/aromatic N) is 1. The van der Waals surface area contributed by atoms with E-state index < -0.39 is 0 Å². The van der Waals surface area contributed by atoms with E-state index in [1.807, 2.05) is 0 Å². The van der Waals surface area contributed by atoms with Gasteiger partial charge in [0.05, 0.1) is 20.7 Å². The maximum absolute atomic E-state index is 5.89. The lowest BCUT2D eigenvalue weighted by Gasteiger charge is -1.92. The first-order valence-electron chi connectivity index (χ1n) is 2.95. The van der Waals surface area contributed by atoms with Crippen molar-refractivity contribution >= 4 is 44.8 Å². The normalized spacial score (nSPS) is 10.7. The molecular formula is C7H3Cl2NS. The summed E-state index contributed by atoms with van der Waals surface area (Å²) >= 11 is 13.2. The van der Waals surface area contributed by atoms with E-state index >= 15 is 0 Å². The molecule has 0 spiro atoms. The van der Waals surface area contributed by atoms with Crippen molar-refractivity contribution in [3.63, 3.8) is 0 Å². The van der Waals surface area contributed by atoms with Crippen LogP contribution >= 0.6 is 34.5 Å². The summed E-state index contributed by atoms with van der Waals surface area (Å²) in [5, 5.41) is 1.31. The number of hydrogen-bond acceptors (Lipinski definition) is 2. The molecule has 1 heterocycles. The van der Waals surface area contributed by atoms with Gasteiger partial charge in [-0.1, -0.05) is 23.2 Å². The van der Waals surface area contributed by atoms with Gasteiger partial charge in [0, 0.05) is 5.02 Å². The zero-order valence-electron chi connectivity index (χ0n) is 5.34. The number of hydrogen-bond donors (Lipinski definition) is 0. The molecule has 56 valence electrons. The molecule has 0 saturated carbocycles. The Morgan fingerprint density at radius 1 is 1.27 bits per heavy atom. The molecule has 0 aliphatic heterocycles. The molecule has 0 bridgehead atoms. The number of halogens is 2. The van der Waals surface area contributed by atoms with Gasteiger partial charge in [0.25, 0.3) is 0 Å². The summed E-state index contributed by atoms with van der Waals surface area (Å²) in [7, 11) is 0. The standard InChI is InChI=1S/C7H3Cl2NS/c8-4-1-5(9)7-6(2-4)10-3-11-7/h1-3H. The van der Waals surface area contributed by atoms with E-state index in [0.717, 1.165) is 10.2 Å². The van der Waals surface area contributed by atoms with E-state index in [2.05, 4.69) is 4.98 Å². The van der Waals surface area contributed by atoms with Crippen LogP contribution < -0.4 is 0 Å². The van der Waals surface area contributed by atoms with Gasteiger partial charge >= 0.3 is 0 Å². The first-order valence-corrected chi connectivity index (χ1v) is 4.59. The highest BCUT2D eigenvalue weighted by molar-refractivity contribution is 7.17. The molecule has 0 aliphatic carbocycles. The second-order valence-corrected chi connectivity index (χ2v) is 3.79. The van der Waals surface area contributed by atoms with Crippen molar-refractivity contribution in [3.8, 4) is 0 Å². The van der Waals surface area contributed by atoms with Crippen molar-refractivity contribution in [1.29, 1.82) is 0 Å². The average molecular weight is 204 g/mol. The Balaban J connectivity index is 2.91. The number of aromatic nitrogens is 1. The maximum atomic E-state index is 5.89. The van der Waals surface area contributed by atoms with Gasteiger partial charge in [0.1, 0.15) is 0 Å². The second kappa shape index (κ2) is 2.63. The zero-order chi connectivity index (χ0) is 7.84. The van der Waals surface area contributed by atoms with Crippen molar-refractivity contribution in [3.05, 3.63) is 27.7 Å². The van der Waals surface area contributed by atoms with Crippen LogP contribution in [0.25, 0.3) is 10.2 Å². The molecular weight excluding hydrogens is 201 g/mol. The Labute approximate surface area is 77.6 Å². The van der Waals surface area contributed by atoms with Gasteiger partial charge in [-0.25, -0.2) is 4.98 Å². The molecule has 1 aromatic carbocycles. The van der Waals surface area contributed by atoms with E-state index in [-0.39, 0.29) is 0 Å². The molecule has 2 aromatic rings. The fourth-order valence-corrected chi connectivity index (χ4v) is 2.19. The molecule has 2 rings (SSSR count). The van der Waals surface area contributed by atoms with Crippen molar-refractivity contribution in [1.82, 2.24) is 4.98 Å². The van der Waals surface area contributed by atoms with Gasteiger partial charge in [0.15, 0.2) is 0 Å². The lowest BCUT2D eigenvalue weighted by atomic mass is 10.3. The van der Waals surface area contributed by atoms with E-state index in [1.165, 1.54) is 11.3 Å². The molecule has 0 fully saturated rings. The number of thiazole rings is 1. The summed E-state index contributed by atoms with van der Waals surface area (Å²) in [5.41, 5.74) is 2.62. The number of rotatable bonds is 0. The third-order valence-electron chi connectivity index (χ3n) is 1.35. The van der Waals surface area contributed by atoms with Crippen LogP contribution in [0.4, 0.5) is 0 Å². The zero-order valence-corrected chi connectivity index (χ0v) is 7.67. The van der Waals surface area contributed by atoms with Gasteiger partial charge in [0.2, 0.25) is 0 Å². The monoisotopic (exact) mass is 203 g/mol. The molecule has 0 unspecified atom stereocenters. The van der Waals surface area contributed by atoms with Crippen LogP contribution in [0.1, 0.15) is 0 Å². The van der Waals surface area contributed by atoms with E-state index in [1.54, 1.807) is 17.6 Å². The molecule has 0 radical (unpaired) electrons. The highest BCUT2D eigenvalue weighted by Crippen LogP contribution is 2.29. The van der Waals surface area contributed by atoms with Gasteiger partial charge in [-0.2, -0.15) is 0 Å². The van der Waals surface area contributed by atoms with Gasteiger partial charge in [-0.05, 0) is 12.1 Å². The largest absolute Gasteiger partial charge is 0.245 e. The van der Waals surface area contributed by atoms with Gasteiger partial charge in [-0.15, -0.1) is 11.3 Å². The minimum absolute atomic E-state index is 0.633. The first kappa shape index (κ1) is 7.35. The molecule has 1 nitrogen and oxygen atoms in total. The molecule has 11 heavy (non-hydrogen) atoms. The summed E-state index contributed by atoms with van der Waals surface area (Å²) in [6.07, 6.45) is 0. The van der Waals surface area contributed by atoms with Crippen molar-refractivity contribution < 1.29 is 0 Å². The minimum Gasteiger partial charge on any atom is -0.245 e. The quantitative estimate of drug-likeness (QED) is 0.638. The van der Waals surface area contributed by atoms with Crippen LogP contribution in [0.2, 0.25) is 10.0 Å². The van der Waals surface area contributed by atoms with Gasteiger partial charge in [-0.3, -0.25) is 0 Å². The SMILES string of the molecule is Clc1cc(Cl)c2scnc2c1. The van der Waals surface area contributed by atoms with E-state index in [9.17, 15) is 0 Å². The van der Waals surface area contributed by atoms with Crippen LogP contribution in [0.15, 0.2) is 17.6 Å². The summed E-state index contributed by atoms with van der Waals surface area (Å²) in [5.74, 6) is 0. The fourth-order valence-electron chi connectivity index (χ4n) is 0.895. The highest BCUT2D eigenvalue weighted by atomic mass is 35.5. The predicted molar refractivity (Wildman–Crippen MR) is 49.6 cm³/mol. The maximum Gasteiger partial charge on any atom is 0.0842 e. The third-order valence-corrected chi connectivity index (χ3v) is 2.86. The number of benzene rings is 1. The Kier molecular flexibility index (Phi) is 1.75. The van der Waals surface area contributed by atoms with Crippen molar-refractivity contribution in [2.45, 2.75) is 0 Å². The van der Waals surface area contributed by atoms with Crippen LogP contribution in [0.3, 0.4) is 0 Å². The Morgan fingerprint density at radius 3 is 2.91 bits per heavy atom. The predicted octanol–water partition coefficient (Wildman–Crippen LogP) is 3.60. The van der Waals surface area contributed by atoms with Crippen LogP contribution in [-0.2, 0) is 0 Å². The molecule has 0 saturated heterocycles. The molecule has 0 amide bonds. The second-order valence-electron chi connectivity index (χ2n) is 2.09. The summed E-state index contributed by atoms with van der Waals surface area (Å²) in [6.45, 7) is 0. The molecule has 0 N–H and O–H groups in total. The smallest absolute Gasteiger partial charge is 0.0842 e. The van der Waals surface area contributed by atoms with Crippen LogP contribution in [-0.4, -0.2) is 4.98 Å². The molecule has 4 heteroatoms. The van der Waals surface area contributed by atoms with Crippen molar-refractivity contribution in [2.24, 2.45) is 0 Å². The van der Waals surface area contributed by atoms with E-state index in [0.29, 0.717) is 10.0 Å².